The van der Waals surface area contributed by atoms with Crippen molar-refractivity contribution in [3.63, 3.8) is 0 Å². The van der Waals surface area contributed by atoms with Gasteiger partial charge in [0.1, 0.15) is 11.5 Å². The zero-order valence-electron chi connectivity index (χ0n) is 7.86. The SMILES string of the molecule is CCC(O)Oc1ccc(OC)cc1. The van der Waals surface area contributed by atoms with Crippen molar-refractivity contribution in [2.24, 2.45) is 0 Å². The molecule has 3 nitrogen and oxygen atoms in total. The summed E-state index contributed by atoms with van der Waals surface area (Å²) in [4.78, 5) is 0. The van der Waals surface area contributed by atoms with Crippen LogP contribution in [0.2, 0.25) is 0 Å². The molecular weight excluding hydrogens is 168 g/mol. The van der Waals surface area contributed by atoms with Crippen LogP contribution in [0, 0.1) is 0 Å². The van der Waals surface area contributed by atoms with Crippen LogP contribution in [0.1, 0.15) is 13.3 Å². The van der Waals surface area contributed by atoms with Crippen LogP contribution in [0.25, 0.3) is 0 Å². The number of aliphatic hydroxyl groups is 1. The van der Waals surface area contributed by atoms with E-state index < -0.39 is 6.29 Å². The second-order valence-electron chi connectivity index (χ2n) is 2.66. The molecule has 13 heavy (non-hydrogen) atoms. The third-order valence-corrected chi connectivity index (χ3v) is 1.68. The van der Waals surface area contributed by atoms with Crippen molar-refractivity contribution >= 4 is 0 Å². The predicted molar refractivity (Wildman–Crippen MR) is 49.9 cm³/mol. The molecule has 1 atom stereocenters. The van der Waals surface area contributed by atoms with Gasteiger partial charge in [0, 0.05) is 6.42 Å². The molecule has 0 aliphatic carbocycles. The van der Waals surface area contributed by atoms with E-state index in [2.05, 4.69) is 0 Å². The zero-order chi connectivity index (χ0) is 9.68. The zero-order valence-corrected chi connectivity index (χ0v) is 7.86. The topological polar surface area (TPSA) is 38.7 Å². The number of aliphatic hydroxyl groups excluding tert-OH is 1. The normalized spacial score (nSPS) is 12.2. The van der Waals surface area contributed by atoms with Gasteiger partial charge in [-0.2, -0.15) is 0 Å². The first-order chi connectivity index (χ1) is 6.26. The van der Waals surface area contributed by atoms with Crippen molar-refractivity contribution < 1.29 is 14.6 Å². The Morgan fingerprint density at radius 2 is 1.77 bits per heavy atom. The average molecular weight is 182 g/mol. The van der Waals surface area contributed by atoms with Crippen molar-refractivity contribution in [2.75, 3.05) is 7.11 Å². The van der Waals surface area contributed by atoms with Crippen LogP contribution in [-0.4, -0.2) is 18.5 Å². The molecule has 1 aromatic carbocycles. The van der Waals surface area contributed by atoms with E-state index in [4.69, 9.17) is 9.47 Å². The van der Waals surface area contributed by atoms with Crippen molar-refractivity contribution in [1.29, 1.82) is 0 Å². The summed E-state index contributed by atoms with van der Waals surface area (Å²) in [6.07, 6.45) is -0.153. The lowest BCUT2D eigenvalue weighted by molar-refractivity contribution is -0.0191. The minimum absolute atomic E-state index is 0.575. The first-order valence-corrected chi connectivity index (χ1v) is 4.25. The van der Waals surface area contributed by atoms with Gasteiger partial charge in [-0.25, -0.2) is 0 Å². The highest BCUT2D eigenvalue weighted by Gasteiger charge is 2.01. The second-order valence-corrected chi connectivity index (χ2v) is 2.66. The largest absolute Gasteiger partial charge is 0.497 e. The molecule has 0 amide bonds. The first kappa shape index (κ1) is 9.86. The van der Waals surface area contributed by atoms with E-state index in [9.17, 15) is 5.11 Å². The number of hydrogen-bond donors (Lipinski definition) is 1. The van der Waals surface area contributed by atoms with Crippen molar-refractivity contribution in [3.8, 4) is 11.5 Å². The van der Waals surface area contributed by atoms with Crippen LogP contribution in [0.5, 0.6) is 11.5 Å². The lowest BCUT2D eigenvalue weighted by atomic mass is 10.3. The Hall–Kier alpha value is -1.22. The summed E-state index contributed by atoms with van der Waals surface area (Å²) in [6.45, 7) is 1.86. The highest BCUT2D eigenvalue weighted by Crippen LogP contribution is 2.18. The molecular formula is C10H14O3. The standard InChI is InChI=1S/C10H14O3/c1-3-10(11)13-9-6-4-8(12-2)5-7-9/h4-7,10-11H,3H2,1-2H3. The lowest BCUT2D eigenvalue weighted by Gasteiger charge is -2.11. The molecule has 0 radical (unpaired) electrons. The van der Waals surface area contributed by atoms with Gasteiger partial charge in [0.15, 0.2) is 6.29 Å². The van der Waals surface area contributed by atoms with Gasteiger partial charge in [0.2, 0.25) is 0 Å². The van der Waals surface area contributed by atoms with Gasteiger partial charge in [0.05, 0.1) is 7.11 Å². The fraction of sp³-hybridized carbons (Fsp3) is 0.400. The Labute approximate surface area is 77.9 Å². The minimum atomic E-state index is -0.728. The number of benzene rings is 1. The molecule has 1 N–H and O–H groups in total. The van der Waals surface area contributed by atoms with E-state index in [-0.39, 0.29) is 0 Å². The van der Waals surface area contributed by atoms with Gasteiger partial charge in [0.25, 0.3) is 0 Å². The summed E-state index contributed by atoms with van der Waals surface area (Å²) in [5, 5.41) is 9.18. The number of methoxy groups -OCH3 is 1. The Bertz CT molecular complexity index is 243. The molecule has 3 heteroatoms. The van der Waals surface area contributed by atoms with Crippen LogP contribution in [-0.2, 0) is 0 Å². The third-order valence-electron chi connectivity index (χ3n) is 1.68. The third kappa shape index (κ3) is 2.95. The Kier molecular flexibility index (Phi) is 3.58. The highest BCUT2D eigenvalue weighted by atomic mass is 16.6. The molecule has 0 bridgehead atoms. The maximum absolute atomic E-state index is 9.18. The van der Waals surface area contributed by atoms with E-state index in [1.54, 1.807) is 31.4 Å². The summed E-state index contributed by atoms with van der Waals surface area (Å²) in [7, 11) is 1.61. The average Bonchev–Trinajstić information content (AvgIpc) is 2.19. The Morgan fingerprint density at radius 1 is 1.23 bits per heavy atom. The van der Waals surface area contributed by atoms with E-state index in [0.29, 0.717) is 12.2 Å². The first-order valence-electron chi connectivity index (χ1n) is 4.25. The monoisotopic (exact) mass is 182 g/mol. The van der Waals surface area contributed by atoms with Crippen LogP contribution in [0.4, 0.5) is 0 Å². The van der Waals surface area contributed by atoms with E-state index in [1.165, 1.54) is 0 Å². The predicted octanol–water partition coefficient (Wildman–Crippen LogP) is 1.80. The summed E-state index contributed by atoms with van der Waals surface area (Å²) in [5.74, 6) is 1.42. The van der Waals surface area contributed by atoms with Gasteiger partial charge >= 0.3 is 0 Å². The van der Waals surface area contributed by atoms with Crippen LogP contribution >= 0.6 is 0 Å². The van der Waals surface area contributed by atoms with Gasteiger partial charge in [-0.15, -0.1) is 0 Å². The van der Waals surface area contributed by atoms with E-state index in [0.717, 1.165) is 5.75 Å². The summed E-state index contributed by atoms with van der Waals surface area (Å²) >= 11 is 0. The Morgan fingerprint density at radius 3 is 2.23 bits per heavy atom. The quantitative estimate of drug-likeness (QED) is 0.721. The lowest BCUT2D eigenvalue weighted by Crippen LogP contribution is -2.13. The van der Waals surface area contributed by atoms with Crippen LogP contribution in [0.3, 0.4) is 0 Å². The molecule has 1 rings (SSSR count). The van der Waals surface area contributed by atoms with Crippen LogP contribution < -0.4 is 9.47 Å². The van der Waals surface area contributed by atoms with Crippen molar-refractivity contribution in [1.82, 2.24) is 0 Å². The summed E-state index contributed by atoms with van der Waals surface area (Å²) in [5.41, 5.74) is 0. The van der Waals surface area contributed by atoms with Gasteiger partial charge in [-0.05, 0) is 24.3 Å². The molecule has 1 unspecified atom stereocenters. The number of hydrogen-bond acceptors (Lipinski definition) is 3. The van der Waals surface area contributed by atoms with E-state index in [1.807, 2.05) is 6.92 Å². The molecule has 0 fully saturated rings. The fourth-order valence-corrected chi connectivity index (χ4v) is 0.895. The van der Waals surface area contributed by atoms with Gasteiger partial charge in [-0.3, -0.25) is 0 Å². The molecule has 0 aliphatic heterocycles. The fourth-order valence-electron chi connectivity index (χ4n) is 0.895. The molecule has 0 heterocycles. The smallest absolute Gasteiger partial charge is 0.197 e. The minimum Gasteiger partial charge on any atom is -0.497 e. The van der Waals surface area contributed by atoms with Gasteiger partial charge in [-0.1, -0.05) is 6.92 Å². The highest BCUT2D eigenvalue weighted by molar-refractivity contribution is 5.31. The molecule has 0 aliphatic rings. The summed E-state index contributed by atoms with van der Waals surface area (Å²) in [6, 6.07) is 7.10. The summed E-state index contributed by atoms with van der Waals surface area (Å²) < 4.78 is 10.1. The molecule has 0 spiro atoms. The molecule has 0 saturated carbocycles. The molecule has 0 aromatic heterocycles. The second kappa shape index (κ2) is 4.72. The maximum Gasteiger partial charge on any atom is 0.197 e. The van der Waals surface area contributed by atoms with Crippen molar-refractivity contribution in [3.05, 3.63) is 24.3 Å². The Balaban J connectivity index is 2.58. The number of ether oxygens (including phenoxy) is 2. The maximum atomic E-state index is 9.18. The van der Waals surface area contributed by atoms with Crippen LogP contribution in [0.15, 0.2) is 24.3 Å². The van der Waals surface area contributed by atoms with E-state index >= 15 is 0 Å². The molecule has 0 saturated heterocycles. The molecule has 72 valence electrons. The van der Waals surface area contributed by atoms with Gasteiger partial charge < -0.3 is 14.6 Å². The number of rotatable bonds is 4. The molecule has 1 aromatic rings. The van der Waals surface area contributed by atoms with Crippen molar-refractivity contribution in [2.45, 2.75) is 19.6 Å².